The molecule has 144 valence electrons. The number of hydrogen-bond donors (Lipinski definition) is 3. The van der Waals surface area contributed by atoms with Gasteiger partial charge in [0.15, 0.2) is 14.9 Å². The summed E-state index contributed by atoms with van der Waals surface area (Å²) in [7, 11) is -1.50. The summed E-state index contributed by atoms with van der Waals surface area (Å²) in [6, 6.07) is 13.9. The van der Waals surface area contributed by atoms with Crippen molar-refractivity contribution in [3.63, 3.8) is 0 Å². The Morgan fingerprint density at radius 1 is 1.00 bits per heavy atom. The first-order valence-electron chi connectivity index (χ1n) is 8.00. The second-order valence-electron chi connectivity index (χ2n) is 5.88. The normalized spacial score (nSPS) is 10.7. The zero-order valence-electron chi connectivity index (χ0n) is 15.0. The van der Waals surface area contributed by atoms with E-state index in [1.165, 1.54) is 0 Å². The van der Waals surface area contributed by atoms with E-state index in [1.807, 2.05) is 24.3 Å². The minimum atomic E-state index is -3.11. The Bertz CT molecular complexity index is 895. The van der Waals surface area contributed by atoms with E-state index in [4.69, 9.17) is 17.0 Å². The van der Waals surface area contributed by atoms with E-state index >= 15 is 0 Å². The Hall–Kier alpha value is -2.65. The number of ether oxygens (including phenoxy) is 1. The van der Waals surface area contributed by atoms with E-state index in [0.29, 0.717) is 17.7 Å². The molecule has 0 aliphatic rings. The summed E-state index contributed by atoms with van der Waals surface area (Å²) < 4.78 is 27.6. The number of rotatable bonds is 6. The average Bonchev–Trinajstić information content (AvgIpc) is 2.64. The van der Waals surface area contributed by atoms with Crippen LogP contribution in [0.1, 0.15) is 21.5 Å². The van der Waals surface area contributed by atoms with Crippen LogP contribution in [-0.4, -0.2) is 32.8 Å². The molecule has 0 saturated carbocycles. The van der Waals surface area contributed by atoms with E-state index in [1.54, 1.807) is 31.4 Å². The van der Waals surface area contributed by atoms with Gasteiger partial charge in [-0.3, -0.25) is 15.6 Å². The standard InChI is InChI=1S/C18H21N3O4S2/c1-25-16-9-5-13(6-10-16)11-19-18(26)21-20-17(22)15-7-3-14(4-8-15)12-27(2,23)24/h3-10H,11-12H2,1-2H3,(H,20,22)(H2,19,21,26). The van der Waals surface area contributed by atoms with E-state index in [0.717, 1.165) is 17.6 Å². The molecule has 0 spiro atoms. The van der Waals surface area contributed by atoms with Crippen molar-refractivity contribution in [1.82, 2.24) is 16.2 Å². The van der Waals surface area contributed by atoms with Crippen LogP contribution in [-0.2, 0) is 22.1 Å². The second-order valence-corrected chi connectivity index (χ2v) is 8.43. The number of nitrogens with one attached hydrogen (secondary N) is 3. The van der Waals surface area contributed by atoms with Crippen molar-refractivity contribution in [1.29, 1.82) is 0 Å². The monoisotopic (exact) mass is 407 g/mol. The third kappa shape index (κ3) is 7.24. The smallest absolute Gasteiger partial charge is 0.269 e. The Labute approximate surface area is 164 Å². The van der Waals surface area contributed by atoms with Crippen LogP contribution in [0.4, 0.5) is 0 Å². The SMILES string of the molecule is COc1ccc(CNC(=S)NNC(=O)c2ccc(CS(C)(=O)=O)cc2)cc1. The Morgan fingerprint density at radius 3 is 2.15 bits per heavy atom. The van der Waals surface area contributed by atoms with Crippen molar-refractivity contribution in [3.8, 4) is 5.75 Å². The lowest BCUT2D eigenvalue weighted by Crippen LogP contribution is -2.46. The zero-order valence-corrected chi connectivity index (χ0v) is 16.6. The summed E-state index contributed by atoms with van der Waals surface area (Å²) in [5.74, 6) is 0.329. The van der Waals surface area contributed by atoms with E-state index in [2.05, 4.69) is 16.2 Å². The van der Waals surface area contributed by atoms with Gasteiger partial charge in [0.25, 0.3) is 5.91 Å². The van der Waals surface area contributed by atoms with E-state index in [9.17, 15) is 13.2 Å². The van der Waals surface area contributed by atoms with Gasteiger partial charge in [-0.15, -0.1) is 0 Å². The minimum absolute atomic E-state index is 0.0630. The number of thiocarbonyl (C=S) groups is 1. The Balaban J connectivity index is 1.79. The molecule has 0 radical (unpaired) electrons. The first kappa shape index (κ1) is 20.7. The van der Waals surface area contributed by atoms with Crippen LogP contribution in [0.15, 0.2) is 48.5 Å². The third-order valence-corrected chi connectivity index (χ3v) is 4.65. The van der Waals surface area contributed by atoms with Crippen molar-refractivity contribution in [2.24, 2.45) is 0 Å². The number of carbonyl (C=O) groups excluding carboxylic acids is 1. The molecule has 2 aromatic rings. The van der Waals surface area contributed by atoms with Crippen LogP contribution < -0.4 is 20.9 Å². The van der Waals surface area contributed by atoms with Gasteiger partial charge in [-0.2, -0.15) is 0 Å². The number of carbonyl (C=O) groups is 1. The molecule has 7 nitrogen and oxygen atoms in total. The molecule has 0 saturated heterocycles. The molecule has 0 aliphatic heterocycles. The van der Waals surface area contributed by atoms with Gasteiger partial charge in [0.2, 0.25) is 0 Å². The molecule has 0 fully saturated rings. The first-order chi connectivity index (χ1) is 12.8. The van der Waals surface area contributed by atoms with Crippen LogP contribution in [0.25, 0.3) is 0 Å². The maximum Gasteiger partial charge on any atom is 0.269 e. The van der Waals surface area contributed by atoms with Gasteiger partial charge in [-0.1, -0.05) is 24.3 Å². The van der Waals surface area contributed by atoms with Crippen molar-refractivity contribution in [3.05, 3.63) is 65.2 Å². The van der Waals surface area contributed by atoms with Crippen LogP contribution in [0.5, 0.6) is 5.75 Å². The lowest BCUT2D eigenvalue weighted by Gasteiger charge is -2.12. The zero-order chi connectivity index (χ0) is 19.9. The van der Waals surface area contributed by atoms with Gasteiger partial charge in [0.1, 0.15) is 5.75 Å². The van der Waals surface area contributed by atoms with Gasteiger partial charge in [0, 0.05) is 18.4 Å². The van der Waals surface area contributed by atoms with Crippen molar-refractivity contribution < 1.29 is 17.9 Å². The van der Waals surface area contributed by atoms with Crippen molar-refractivity contribution in [2.75, 3.05) is 13.4 Å². The highest BCUT2D eigenvalue weighted by Gasteiger charge is 2.08. The highest BCUT2D eigenvalue weighted by atomic mass is 32.2. The van der Waals surface area contributed by atoms with Gasteiger partial charge in [-0.25, -0.2) is 8.42 Å². The number of sulfone groups is 1. The quantitative estimate of drug-likeness (QED) is 0.494. The lowest BCUT2D eigenvalue weighted by molar-refractivity contribution is 0.0943. The van der Waals surface area contributed by atoms with Crippen molar-refractivity contribution >= 4 is 33.1 Å². The molecular formula is C18H21N3O4S2. The molecule has 0 unspecified atom stereocenters. The molecule has 0 aromatic heterocycles. The molecule has 3 N–H and O–H groups in total. The van der Waals surface area contributed by atoms with Gasteiger partial charge in [0.05, 0.1) is 12.9 Å². The van der Waals surface area contributed by atoms with Crippen LogP contribution in [0.2, 0.25) is 0 Å². The topological polar surface area (TPSA) is 96.5 Å². The predicted molar refractivity (Wildman–Crippen MR) is 108 cm³/mol. The largest absolute Gasteiger partial charge is 0.497 e. The van der Waals surface area contributed by atoms with Crippen LogP contribution in [0, 0.1) is 0 Å². The molecule has 0 heterocycles. The third-order valence-electron chi connectivity index (χ3n) is 3.55. The first-order valence-corrected chi connectivity index (χ1v) is 10.5. The fourth-order valence-corrected chi connectivity index (χ4v) is 3.13. The predicted octanol–water partition coefficient (Wildman–Crippen LogP) is 1.55. The maximum absolute atomic E-state index is 12.1. The second kappa shape index (κ2) is 9.33. The van der Waals surface area contributed by atoms with Crippen LogP contribution >= 0.6 is 12.2 Å². The fraction of sp³-hybridized carbons (Fsp3) is 0.222. The number of benzene rings is 2. The molecule has 1 amide bonds. The molecule has 0 aliphatic carbocycles. The molecule has 27 heavy (non-hydrogen) atoms. The van der Waals surface area contributed by atoms with Gasteiger partial charge < -0.3 is 10.1 Å². The summed E-state index contributed by atoms with van der Waals surface area (Å²) in [4.78, 5) is 12.1. The Morgan fingerprint density at radius 2 is 1.59 bits per heavy atom. The lowest BCUT2D eigenvalue weighted by atomic mass is 10.1. The summed E-state index contributed by atoms with van der Waals surface area (Å²) in [6.45, 7) is 0.492. The summed E-state index contributed by atoms with van der Waals surface area (Å²) in [5, 5.41) is 3.25. The van der Waals surface area contributed by atoms with Crippen LogP contribution in [0.3, 0.4) is 0 Å². The molecule has 2 aromatic carbocycles. The minimum Gasteiger partial charge on any atom is -0.497 e. The molecule has 2 rings (SSSR count). The number of hydrogen-bond acceptors (Lipinski definition) is 5. The van der Waals surface area contributed by atoms with E-state index in [-0.39, 0.29) is 16.8 Å². The van der Waals surface area contributed by atoms with Crippen molar-refractivity contribution in [2.45, 2.75) is 12.3 Å². The number of amides is 1. The van der Waals surface area contributed by atoms with Gasteiger partial charge >= 0.3 is 0 Å². The maximum atomic E-state index is 12.1. The Kier molecular flexibility index (Phi) is 7.14. The average molecular weight is 408 g/mol. The molecule has 9 heteroatoms. The van der Waals surface area contributed by atoms with E-state index < -0.39 is 9.84 Å². The summed E-state index contributed by atoms with van der Waals surface area (Å²) in [5.41, 5.74) is 7.13. The number of methoxy groups -OCH3 is 1. The molecule has 0 bridgehead atoms. The fourth-order valence-electron chi connectivity index (χ4n) is 2.21. The molecule has 0 atom stereocenters. The summed E-state index contributed by atoms with van der Waals surface area (Å²) in [6.07, 6.45) is 1.16. The highest BCUT2D eigenvalue weighted by Crippen LogP contribution is 2.11. The number of hydrazine groups is 1. The summed E-state index contributed by atoms with van der Waals surface area (Å²) >= 11 is 5.12. The highest BCUT2D eigenvalue weighted by molar-refractivity contribution is 7.89. The van der Waals surface area contributed by atoms with Gasteiger partial charge in [-0.05, 0) is 47.6 Å². The molecular weight excluding hydrogens is 386 g/mol.